The van der Waals surface area contributed by atoms with Crippen molar-refractivity contribution in [2.75, 3.05) is 45.9 Å². The van der Waals surface area contributed by atoms with Crippen LogP contribution >= 0.6 is 12.4 Å². The molecule has 2 aromatic carbocycles. The monoisotopic (exact) mass is 499 g/mol. The summed E-state index contributed by atoms with van der Waals surface area (Å²) in [6.07, 6.45) is 8.20. The summed E-state index contributed by atoms with van der Waals surface area (Å²) in [6.45, 7) is 6.76. The molecule has 2 aromatic rings. The summed E-state index contributed by atoms with van der Waals surface area (Å²) in [5.41, 5.74) is 0.872. The number of rotatable bonds is 10. The fourth-order valence-corrected chi connectivity index (χ4v) is 5.77. The molecule has 190 valence electrons. The zero-order chi connectivity index (χ0) is 23.6. The van der Waals surface area contributed by atoms with Crippen molar-refractivity contribution < 1.29 is 9.13 Å². The Morgan fingerprint density at radius 2 is 1.51 bits per heavy atom. The molecule has 1 aliphatic carbocycles. The quantitative estimate of drug-likeness (QED) is 0.398. The van der Waals surface area contributed by atoms with E-state index in [9.17, 15) is 9.65 Å². The van der Waals surface area contributed by atoms with Crippen molar-refractivity contribution >= 4 is 12.4 Å². The molecule has 0 amide bonds. The molecule has 1 unspecified atom stereocenters. The van der Waals surface area contributed by atoms with Crippen LogP contribution in [0, 0.1) is 23.1 Å². The molecule has 4 rings (SSSR count). The molecule has 6 heteroatoms. The van der Waals surface area contributed by atoms with Crippen LogP contribution in [0.5, 0.6) is 5.75 Å². The molecule has 2 aliphatic rings. The first-order chi connectivity index (χ1) is 16.7. The summed E-state index contributed by atoms with van der Waals surface area (Å²) >= 11 is 0. The lowest BCUT2D eigenvalue weighted by Gasteiger charge is -2.39. The summed E-state index contributed by atoms with van der Waals surface area (Å²) in [6, 6.07) is 19.6. The van der Waals surface area contributed by atoms with Crippen LogP contribution in [0.15, 0.2) is 54.6 Å². The van der Waals surface area contributed by atoms with Gasteiger partial charge >= 0.3 is 0 Å². The SMILES string of the molecule is Cl.N#CC(CCCN1CCN(CCOc2ccc(F)cc2)CC1)(c1ccccc1)C1CCCCC1. The van der Waals surface area contributed by atoms with E-state index >= 15 is 0 Å². The Bertz CT molecular complexity index is 906. The lowest BCUT2D eigenvalue weighted by molar-refractivity contribution is 0.113. The Morgan fingerprint density at radius 1 is 0.886 bits per heavy atom. The van der Waals surface area contributed by atoms with E-state index in [0.29, 0.717) is 12.5 Å². The predicted octanol–water partition coefficient (Wildman–Crippen LogP) is 6.07. The van der Waals surface area contributed by atoms with Gasteiger partial charge in [-0.05, 0) is 68.0 Å². The first-order valence-electron chi connectivity index (χ1n) is 13.0. The molecule has 4 nitrogen and oxygen atoms in total. The van der Waals surface area contributed by atoms with Gasteiger partial charge in [0, 0.05) is 32.7 Å². The number of nitriles is 1. The molecule has 0 spiro atoms. The highest BCUT2D eigenvalue weighted by molar-refractivity contribution is 5.85. The third-order valence-electron chi connectivity index (χ3n) is 7.79. The van der Waals surface area contributed by atoms with E-state index in [4.69, 9.17) is 4.74 Å². The maximum atomic E-state index is 13.0. The molecular formula is C29H39ClFN3O. The van der Waals surface area contributed by atoms with Crippen LogP contribution in [0.3, 0.4) is 0 Å². The summed E-state index contributed by atoms with van der Waals surface area (Å²) in [4.78, 5) is 4.98. The van der Waals surface area contributed by atoms with Crippen molar-refractivity contribution in [3.05, 3.63) is 66.0 Å². The number of hydrogen-bond acceptors (Lipinski definition) is 4. The second-order valence-electron chi connectivity index (χ2n) is 9.87. The second kappa shape index (κ2) is 13.8. The summed E-state index contributed by atoms with van der Waals surface area (Å²) in [7, 11) is 0. The average molecular weight is 500 g/mol. The first kappa shape index (κ1) is 27.5. The zero-order valence-electron chi connectivity index (χ0n) is 20.7. The van der Waals surface area contributed by atoms with Crippen molar-refractivity contribution in [3.63, 3.8) is 0 Å². The lowest BCUT2D eigenvalue weighted by atomic mass is 9.63. The minimum atomic E-state index is -0.346. The van der Waals surface area contributed by atoms with Crippen LogP contribution in [-0.2, 0) is 5.41 Å². The Hall–Kier alpha value is -2.13. The van der Waals surface area contributed by atoms with Gasteiger partial charge in [0.1, 0.15) is 18.2 Å². The second-order valence-corrected chi connectivity index (χ2v) is 9.87. The van der Waals surface area contributed by atoms with Gasteiger partial charge in [-0.25, -0.2) is 4.39 Å². The highest BCUT2D eigenvalue weighted by atomic mass is 35.5. The number of ether oxygens (including phenoxy) is 1. The van der Waals surface area contributed by atoms with E-state index in [-0.39, 0.29) is 23.6 Å². The molecule has 1 saturated carbocycles. The molecule has 0 aromatic heterocycles. The van der Waals surface area contributed by atoms with Crippen molar-refractivity contribution in [1.82, 2.24) is 9.80 Å². The molecule has 1 aliphatic heterocycles. The summed E-state index contributed by atoms with van der Waals surface area (Å²) < 4.78 is 18.8. The van der Waals surface area contributed by atoms with Crippen LogP contribution in [-0.4, -0.2) is 55.7 Å². The normalized spacial score (nSPS) is 19.3. The molecule has 2 fully saturated rings. The van der Waals surface area contributed by atoms with E-state index in [1.165, 1.54) is 49.8 Å². The number of piperazine rings is 1. The van der Waals surface area contributed by atoms with Crippen LogP contribution in [0.1, 0.15) is 50.5 Å². The smallest absolute Gasteiger partial charge is 0.123 e. The van der Waals surface area contributed by atoms with Gasteiger partial charge in [-0.2, -0.15) is 5.26 Å². The van der Waals surface area contributed by atoms with E-state index in [1.54, 1.807) is 12.1 Å². The Kier molecular flexibility index (Phi) is 10.8. The van der Waals surface area contributed by atoms with E-state index < -0.39 is 0 Å². The molecule has 1 atom stereocenters. The Morgan fingerprint density at radius 3 is 2.14 bits per heavy atom. The largest absolute Gasteiger partial charge is 0.492 e. The standard InChI is InChI=1S/C29H38FN3O.ClH/c30-27-12-14-28(15-13-27)34-23-22-33-20-18-32(19-21-33)17-7-16-29(24-31,25-8-3-1-4-9-25)26-10-5-2-6-11-26;/h1,3-4,8-9,12-15,26H,2,5-7,10-11,16-23H2;1H. The molecular weight excluding hydrogens is 461 g/mol. The van der Waals surface area contributed by atoms with Gasteiger partial charge in [-0.3, -0.25) is 4.90 Å². The van der Waals surface area contributed by atoms with Gasteiger partial charge in [0.05, 0.1) is 11.5 Å². The van der Waals surface area contributed by atoms with Crippen LogP contribution in [0.2, 0.25) is 0 Å². The number of halogens is 2. The molecule has 35 heavy (non-hydrogen) atoms. The van der Waals surface area contributed by atoms with E-state index in [2.05, 4.69) is 46.2 Å². The van der Waals surface area contributed by atoms with Crippen molar-refractivity contribution in [3.8, 4) is 11.8 Å². The van der Waals surface area contributed by atoms with E-state index in [0.717, 1.165) is 57.9 Å². The minimum absolute atomic E-state index is 0. The maximum absolute atomic E-state index is 13.0. The van der Waals surface area contributed by atoms with Gasteiger partial charge in [0.25, 0.3) is 0 Å². The van der Waals surface area contributed by atoms with Crippen molar-refractivity contribution in [1.29, 1.82) is 5.26 Å². The van der Waals surface area contributed by atoms with Gasteiger partial charge < -0.3 is 9.64 Å². The topological polar surface area (TPSA) is 39.5 Å². The first-order valence-corrected chi connectivity index (χ1v) is 13.0. The van der Waals surface area contributed by atoms with Crippen LogP contribution < -0.4 is 4.74 Å². The minimum Gasteiger partial charge on any atom is -0.492 e. The molecule has 1 heterocycles. The van der Waals surface area contributed by atoms with Gasteiger partial charge in [0.15, 0.2) is 0 Å². The Labute approximate surface area is 216 Å². The van der Waals surface area contributed by atoms with E-state index in [1.807, 2.05) is 0 Å². The van der Waals surface area contributed by atoms with Crippen molar-refractivity contribution in [2.24, 2.45) is 5.92 Å². The predicted molar refractivity (Wildman–Crippen MR) is 142 cm³/mol. The van der Waals surface area contributed by atoms with Gasteiger partial charge in [-0.15, -0.1) is 12.4 Å². The molecule has 0 N–H and O–H groups in total. The highest BCUT2D eigenvalue weighted by Gasteiger charge is 2.40. The molecule has 1 saturated heterocycles. The van der Waals surface area contributed by atoms with Gasteiger partial charge in [-0.1, -0.05) is 49.6 Å². The Balaban J connectivity index is 0.00000342. The number of benzene rings is 2. The third-order valence-corrected chi connectivity index (χ3v) is 7.79. The lowest BCUT2D eigenvalue weighted by Crippen LogP contribution is -2.47. The molecule has 0 bridgehead atoms. The fraction of sp³-hybridized carbons (Fsp3) is 0.552. The summed E-state index contributed by atoms with van der Waals surface area (Å²) in [5, 5.41) is 10.4. The fourth-order valence-electron chi connectivity index (χ4n) is 5.77. The number of hydrogen-bond donors (Lipinski definition) is 0. The van der Waals surface area contributed by atoms with Gasteiger partial charge in [0.2, 0.25) is 0 Å². The number of nitrogens with zero attached hydrogens (tertiary/aromatic N) is 3. The van der Waals surface area contributed by atoms with Crippen molar-refractivity contribution in [2.45, 2.75) is 50.4 Å². The maximum Gasteiger partial charge on any atom is 0.123 e. The third kappa shape index (κ3) is 7.43. The highest BCUT2D eigenvalue weighted by Crippen LogP contribution is 2.44. The van der Waals surface area contributed by atoms with Crippen LogP contribution in [0.25, 0.3) is 0 Å². The van der Waals surface area contributed by atoms with Crippen LogP contribution in [0.4, 0.5) is 4.39 Å². The average Bonchev–Trinajstić information content (AvgIpc) is 2.90. The summed E-state index contributed by atoms with van der Waals surface area (Å²) in [5.74, 6) is 0.960. The molecule has 0 radical (unpaired) electrons. The zero-order valence-corrected chi connectivity index (χ0v) is 21.5.